The van der Waals surface area contributed by atoms with Crippen LogP contribution in [-0.4, -0.2) is 13.7 Å². The Bertz CT molecular complexity index is 744. The largest absolute Gasteiger partial charge is 0.493 e. The molecule has 0 spiro atoms. The predicted octanol–water partition coefficient (Wildman–Crippen LogP) is 5.84. The molecule has 2 aromatic rings. The third-order valence-electron chi connectivity index (χ3n) is 3.85. The van der Waals surface area contributed by atoms with E-state index in [1.54, 1.807) is 24.3 Å². The van der Waals surface area contributed by atoms with E-state index in [4.69, 9.17) is 9.47 Å². The molecule has 0 radical (unpaired) electrons. The van der Waals surface area contributed by atoms with Gasteiger partial charge in [0.1, 0.15) is 0 Å². The first-order valence-electron chi connectivity index (χ1n) is 8.25. The standard InChI is InChI=1S/C20H22F3NO2/c1-4-8-16(14-11-12-18(26-5-2)19(13-14)25-3)24-17-10-7-6-9-15(17)20(21,22)23/h4,6-7,9-13,16,24H,1,5,8H2,2-3H3. The van der Waals surface area contributed by atoms with Crippen LogP contribution in [0.2, 0.25) is 0 Å². The first-order chi connectivity index (χ1) is 12.4. The number of anilines is 1. The van der Waals surface area contributed by atoms with Crippen LogP contribution in [0.15, 0.2) is 55.1 Å². The van der Waals surface area contributed by atoms with E-state index < -0.39 is 11.7 Å². The summed E-state index contributed by atoms with van der Waals surface area (Å²) in [6, 6.07) is 10.4. The summed E-state index contributed by atoms with van der Waals surface area (Å²) in [5, 5.41) is 2.99. The molecule has 0 aliphatic carbocycles. The molecular weight excluding hydrogens is 343 g/mol. The number of alkyl halides is 3. The Hall–Kier alpha value is -2.63. The van der Waals surface area contributed by atoms with E-state index in [9.17, 15) is 13.2 Å². The maximum atomic E-state index is 13.2. The normalized spacial score (nSPS) is 12.3. The second-order valence-corrected chi connectivity index (χ2v) is 5.61. The van der Waals surface area contributed by atoms with Gasteiger partial charge < -0.3 is 14.8 Å². The SMILES string of the molecule is C=CCC(Nc1ccccc1C(F)(F)F)c1ccc(OCC)c(OC)c1. The molecule has 6 heteroatoms. The number of halogens is 3. The Morgan fingerprint density at radius 1 is 1.15 bits per heavy atom. The van der Waals surface area contributed by atoms with E-state index in [0.29, 0.717) is 24.5 Å². The van der Waals surface area contributed by atoms with E-state index in [2.05, 4.69) is 11.9 Å². The Labute approximate surface area is 151 Å². The van der Waals surface area contributed by atoms with Crippen molar-refractivity contribution in [1.82, 2.24) is 0 Å². The van der Waals surface area contributed by atoms with E-state index in [1.807, 2.05) is 13.0 Å². The van der Waals surface area contributed by atoms with Crippen LogP contribution >= 0.6 is 0 Å². The summed E-state index contributed by atoms with van der Waals surface area (Å²) in [4.78, 5) is 0. The summed E-state index contributed by atoms with van der Waals surface area (Å²) in [5.74, 6) is 1.12. The van der Waals surface area contributed by atoms with Crippen molar-refractivity contribution in [2.24, 2.45) is 0 Å². The van der Waals surface area contributed by atoms with Crippen molar-refractivity contribution >= 4 is 5.69 Å². The van der Waals surface area contributed by atoms with Crippen molar-refractivity contribution < 1.29 is 22.6 Å². The monoisotopic (exact) mass is 365 g/mol. The van der Waals surface area contributed by atoms with Gasteiger partial charge in [-0.2, -0.15) is 13.2 Å². The number of para-hydroxylation sites is 1. The number of methoxy groups -OCH3 is 1. The molecule has 2 rings (SSSR count). The quantitative estimate of drug-likeness (QED) is 0.596. The van der Waals surface area contributed by atoms with E-state index in [0.717, 1.165) is 11.6 Å². The van der Waals surface area contributed by atoms with Crippen molar-refractivity contribution in [2.45, 2.75) is 25.6 Å². The summed E-state index contributed by atoms with van der Waals surface area (Å²) in [5.41, 5.74) is 0.105. The first kappa shape index (κ1) is 19.7. The summed E-state index contributed by atoms with van der Waals surface area (Å²) >= 11 is 0. The fourth-order valence-electron chi connectivity index (χ4n) is 2.66. The van der Waals surface area contributed by atoms with Gasteiger partial charge in [-0.05, 0) is 43.2 Å². The zero-order chi connectivity index (χ0) is 19.2. The first-order valence-corrected chi connectivity index (χ1v) is 8.25. The van der Waals surface area contributed by atoms with Gasteiger partial charge in [-0.3, -0.25) is 0 Å². The van der Waals surface area contributed by atoms with Crippen molar-refractivity contribution in [3.63, 3.8) is 0 Å². The van der Waals surface area contributed by atoms with Gasteiger partial charge in [-0.25, -0.2) is 0 Å². The van der Waals surface area contributed by atoms with Crippen molar-refractivity contribution in [2.75, 3.05) is 19.0 Å². The molecule has 0 aromatic heterocycles. The van der Waals surface area contributed by atoms with E-state index >= 15 is 0 Å². The van der Waals surface area contributed by atoms with Crippen LogP contribution < -0.4 is 14.8 Å². The number of rotatable bonds is 8. The summed E-state index contributed by atoms with van der Waals surface area (Å²) in [7, 11) is 1.52. The average Bonchev–Trinajstić information content (AvgIpc) is 2.61. The summed E-state index contributed by atoms with van der Waals surface area (Å²) < 4.78 is 50.6. The van der Waals surface area contributed by atoms with Crippen LogP contribution in [-0.2, 0) is 6.18 Å². The van der Waals surface area contributed by atoms with Gasteiger partial charge >= 0.3 is 6.18 Å². The predicted molar refractivity (Wildman–Crippen MR) is 96.8 cm³/mol. The van der Waals surface area contributed by atoms with Crippen LogP contribution in [0.4, 0.5) is 18.9 Å². The molecule has 0 aliphatic rings. The molecule has 0 aliphatic heterocycles. The van der Waals surface area contributed by atoms with Crippen molar-refractivity contribution in [1.29, 1.82) is 0 Å². The topological polar surface area (TPSA) is 30.5 Å². The Morgan fingerprint density at radius 3 is 2.50 bits per heavy atom. The van der Waals surface area contributed by atoms with Crippen LogP contribution in [0.3, 0.4) is 0 Å². The number of benzene rings is 2. The molecule has 0 heterocycles. The zero-order valence-corrected chi connectivity index (χ0v) is 14.8. The molecule has 0 fully saturated rings. The molecule has 0 bridgehead atoms. The molecule has 0 amide bonds. The van der Waals surface area contributed by atoms with Gasteiger partial charge in [0.05, 0.1) is 25.3 Å². The fraction of sp³-hybridized carbons (Fsp3) is 0.300. The van der Waals surface area contributed by atoms with Gasteiger partial charge in [0, 0.05) is 5.69 Å². The third kappa shape index (κ3) is 4.71. The zero-order valence-electron chi connectivity index (χ0n) is 14.8. The fourth-order valence-corrected chi connectivity index (χ4v) is 2.66. The van der Waals surface area contributed by atoms with Gasteiger partial charge in [0.15, 0.2) is 11.5 Å². The molecule has 26 heavy (non-hydrogen) atoms. The highest BCUT2D eigenvalue weighted by Crippen LogP contribution is 2.38. The third-order valence-corrected chi connectivity index (χ3v) is 3.85. The highest BCUT2D eigenvalue weighted by Gasteiger charge is 2.33. The molecule has 1 N–H and O–H groups in total. The molecule has 2 aromatic carbocycles. The highest BCUT2D eigenvalue weighted by molar-refractivity contribution is 5.55. The highest BCUT2D eigenvalue weighted by atomic mass is 19.4. The van der Waals surface area contributed by atoms with Gasteiger partial charge in [-0.1, -0.05) is 24.3 Å². The molecule has 140 valence electrons. The van der Waals surface area contributed by atoms with Crippen molar-refractivity contribution in [3.05, 3.63) is 66.2 Å². The smallest absolute Gasteiger partial charge is 0.418 e. The number of ether oxygens (including phenoxy) is 2. The van der Waals surface area contributed by atoms with Crippen LogP contribution in [0.1, 0.15) is 30.5 Å². The van der Waals surface area contributed by atoms with E-state index in [-0.39, 0.29) is 11.7 Å². The van der Waals surface area contributed by atoms with Gasteiger partial charge in [0.25, 0.3) is 0 Å². The lowest BCUT2D eigenvalue weighted by Crippen LogP contribution is -2.15. The molecule has 0 saturated heterocycles. The van der Waals surface area contributed by atoms with Crippen LogP contribution in [0, 0.1) is 0 Å². The lowest BCUT2D eigenvalue weighted by Gasteiger charge is -2.23. The molecule has 1 unspecified atom stereocenters. The Balaban J connectivity index is 2.37. The van der Waals surface area contributed by atoms with Gasteiger partial charge in [0.2, 0.25) is 0 Å². The average molecular weight is 365 g/mol. The summed E-state index contributed by atoms with van der Waals surface area (Å²) in [6.45, 7) is 6.06. The molecular formula is C20H22F3NO2. The van der Waals surface area contributed by atoms with Crippen LogP contribution in [0.25, 0.3) is 0 Å². The van der Waals surface area contributed by atoms with E-state index in [1.165, 1.54) is 19.2 Å². The van der Waals surface area contributed by atoms with Crippen LogP contribution in [0.5, 0.6) is 11.5 Å². The van der Waals surface area contributed by atoms with Gasteiger partial charge in [-0.15, -0.1) is 6.58 Å². The minimum atomic E-state index is -4.43. The molecule has 1 atom stereocenters. The minimum Gasteiger partial charge on any atom is -0.493 e. The second kappa shape index (κ2) is 8.65. The minimum absolute atomic E-state index is 0.0275. The lowest BCUT2D eigenvalue weighted by molar-refractivity contribution is -0.137. The van der Waals surface area contributed by atoms with Crippen molar-refractivity contribution in [3.8, 4) is 11.5 Å². The molecule has 0 saturated carbocycles. The maximum Gasteiger partial charge on any atom is 0.418 e. The Morgan fingerprint density at radius 2 is 1.88 bits per heavy atom. The Kier molecular flexibility index (Phi) is 6.55. The summed E-state index contributed by atoms with van der Waals surface area (Å²) in [6.07, 6.45) is -2.32. The lowest BCUT2D eigenvalue weighted by atomic mass is 10.0. The maximum absolute atomic E-state index is 13.2. The number of hydrogen-bond acceptors (Lipinski definition) is 3. The molecule has 3 nitrogen and oxygen atoms in total. The second-order valence-electron chi connectivity index (χ2n) is 5.61. The number of hydrogen-bond donors (Lipinski definition) is 1. The number of nitrogens with one attached hydrogen (secondary N) is 1.